The molecule has 1 atom stereocenters. The van der Waals surface area contributed by atoms with Gasteiger partial charge in [0.2, 0.25) is 0 Å². The molecule has 0 aliphatic heterocycles. The van der Waals surface area contributed by atoms with E-state index in [1.54, 1.807) is 0 Å². The van der Waals surface area contributed by atoms with Gasteiger partial charge in [-0.2, -0.15) is 0 Å². The minimum atomic E-state index is -3.06. The van der Waals surface area contributed by atoms with E-state index in [1.165, 1.54) is 6.26 Å². The first-order valence-electron chi connectivity index (χ1n) is 4.49. The van der Waals surface area contributed by atoms with Gasteiger partial charge in [-0.3, -0.25) is 0 Å². The standard InChI is InChI=1S/C10H15ClO2S/c1-10(2)8(6-9(10)7-11)4-5-14(3,12)13/h5,9H,6-7H2,1-3H3. The molecule has 80 valence electrons. The van der Waals surface area contributed by atoms with Crippen LogP contribution in [0.15, 0.2) is 16.7 Å². The van der Waals surface area contributed by atoms with Crippen molar-refractivity contribution in [1.29, 1.82) is 0 Å². The van der Waals surface area contributed by atoms with Gasteiger partial charge in [0.25, 0.3) is 0 Å². The van der Waals surface area contributed by atoms with Crippen LogP contribution < -0.4 is 0 Å². The summed E-state index contributed by atoms with van der Waals surface area (Å²) in [6, 6.07) is 0. The zero-order chi connectivity index (χ0) is 11.0. The van der Waals surface area contributed by atoms with E-state index in [1.807, 2.05) is 0 Å². The van der Waals surface area contributed by atoms with Crippen LogP contribution in [0.25, 0.3) is 0 Å². The van der Waals surface area contributed by atoms with E-state index in [9.17, 15) is 8.42 Å². The third kappa shape index (κ3) is 2.41. The fourth-order valence-corrected chi connectivity index (χ4v) is 2.40. The number of sulfone groups is 1. The highest BCUT2D eigenvalue weighted by atomic mass is 35.5. The summed E-state index contributed by atoms with van der Waals surface area (Å²) in [6.45, 7) is 4.14. The van der Waals surface area contributed by atoms with Crippen molar-refractivity contribution in [1.82, 2.24) is 0 Å². The Morgan fingerprint density at radius 3 is 2.57 bits per heavy atom. The van der Waals surface area contributed by atoms with Crippen molar-refractivity contribution >= 4 is 21.4 Å². The van der Waals surface area contributed by atoms with Crippen LogP contribution >= 0.6 is 11.6 Å². The van der Waals surface area contributed by atoms with Crippen molar-refractivity contribution in [2.75, 3.05) is 12.1 Å². The maximum atomic E-state index is 10.9. The van der Waals surface area contributed by atoms with Crippen molar-refractivity contribution in [2.45, 2.75) is 20.3 Å². The van der Waals surface area contributed by atoms with Gasteiger partial charge >= 0.3 is 0 Å². The Morgan fingerprint density at radius 2 is 2.21 bits per heavy atom. The van der Waals surface area contributed by atoms with Crippen LogP contribution in [0, 0.1) is 11.3 Å². The van der Waals surface area contributed by atoms with Crippen LogP contribution in [0.4, 0.5) is 0 Å². The molecule has 1 rings (SSSR count). The molecule has 0 heterocycles. The molecule has 0 aromatic heterocycles. The van der Waals surface area contributed by atoms with Gasteiger partial charge in [-0.1, -0.05) is 13.8 Å². The summed E-state index contributed by atoms with van der Waals surface area (Å²) < 4.78 is 21.8. The summed E-state index contributed by atoms with van der Waals surface area (Å²) in [6.07, 6.45) is 2.04. The number of hydrogen-bond donors (Lipinski definition) is 0. The molecule has 1 unspecified atom stereocenters. The Hall–Kier alpha value is -0.240. The molecule has 0 amide bonds. The van der Waals surface area contributed by atoms with Crippen LogP contribution in [0.2, 0.25) is 0 Å². The molecular weight excluding hydrogens is 220 g/mol. The molecule has 0 radical (unpaired) electrons. The first-order valence-corrected chi connectivity index (χ1v) is 6.98. The van der Waals surface area contributed by atoms with Gasteiger partial charge in [-0.15, -0.1) is 17.3 Å². The smallest absolute Gasteiger partial charge is 0.175 e. The highest BCUT2D eigenvalue weighted by Gasteiger charge is 2.42. The van der Waals surface area contributed by atoms with E-state index in [2.05, 4.69) is 19.6 Å². The van der Waals surface area contributed by atoms with Crippen LogP contribution in [0.3, 0.4) is 0 Å². The van der Waals surface area contributed by atoms with Crippen LogP contribution in [0.5, 0.6) is 0 Å². The Kier molecular flexibility index (Phi) is 3.15. The Bertz CT molecular complexity index is 386. The molecule has 1 aliphatic carbocycles. The monoisotopic (exact) mass is 234 g/mol. The fraction of sp³-hybridized carbons (Fsp3) is 0.700. The van der Waals surface area contributed by atoms with Crippen LogP contribution in [-0.4, -0.2) is 20.6 Å². The maximum Gasteiger partial charge on any atom is 0.175 e. The van der Waals surface area contributed by atoms with Gasteiger partial charge in [-0.25, -0.2) is 8.42 Å². The molecule has 4 heteroatoms. The number of allylic oxidation sites excluding steroid dienone is 1. The quantitative estimate of drug-likeness (QED) is 0.543. The number of hydrogen-bond acceptors (Lipinski definition) is 2. The summed E-state index contributed by atoms with van der Waals surface area (Å²) in [5.74, 6) is 1.07. The Balaban J connectivity index is 2.91. The molecule has 0 aromatic carbocycles. The van der Waals surface area contributed by atoms with E-state index < -0.39 is 9.84 Å². The lowest BCUT2D eigenvalue weighted by Gasteiger charge is -2.45. The lowest BCUT2D eigenvalue weighted by Crippen LogP contribution is -2.38. The molecule has 1 fully saturated rings. The minimum absolute atomic E-state index is 0.00292. The Morgan fingerprint density at radius 1 is 1.64 bits per heavy atom. The van der Waals surface area contributed by atoms with Crippen molar-refractivity contribution in [2.24, 2.45) is 11.3 Å². The highest BCUT2D eigenvalue weighted by Crippen LogP contribution is 2.50. The lowest BCUT2D eigenvalue weighted by atomic mass is 9.60. The number of rotatable bonds is 2. The summed E-state index contributed by atoms with van der Waals surface area (Å²) in [4.78, 5) is 0. The van der Waals surface area contributed by atoms with Gasteiger partial charge in [0.15, 0.2) is 9.84 Å². The fourth-order valence-electron chi connectivity index (χ4n) is 1.55. The van der Waals surface area contributed by atoms with Crippen LogP contribution in [-0.2, 0) is 9.84 Å². The molecule has 0 bridgehead atoms. The summed E-state index contributed by atoms with van der Waals surface area (Å²) in [7, 11) is -3.06. The lowest BCUT2D eigenvalue weighted by molar-refractivity contribution is 0.191. The molecule has 0 saturated heterocycles. The molecule has 2 nitrogen and oxygen atoms in total. The van der Waals surface area contributed by atoms with Gasteiger partial charge in [0.1, 0.15) is 0 Å². The number of halogens is 1. The average Bonchev–Trinajstić information content (AvgIpc) is 2.00. The summed E-state index contributed by atoms with van der Waals surface area (Å²) in [5.41, 5.74) is 3.91. The summed E-state index contributed by atoms with van der Waals surface area (Å²) in [5, 5.41) is 1.15. The highest BCUT2D eigenvalue weighted by molar-refractivity contribution is 7.93. The summed E-state index contributed by atoms with van der Waals surface area (Å²) >= 11 is 5.77. The van der Waals surface area contributed by atoms with E-state index in [0.29, 0.717) is 11.8 Å². The van der Waals surface area contributed by atoms with Gasteiger partial charge in [0, 0.05) is 12.1 Å². The van der Waals surface area contributed by atoms with Crippen molar-refractivity contribution in [3.63, 3.8) is 0 Å². The first-order chi connectivity index (χ1) is 6.27. The second-order valence-electron chi connectivity index (χ2n) is 4.35. The van der Waals surface area contributed by atoms with E-state index in [4.69, 9.17) is 11.6 Å². The second kappa shape index (κ2) is 3.73. The second-order valence-corrected chi connectivity index (χ2v) is 6.55. The number of alkyl halides is 1. The average molecular weight is 235 g/mol. The molecule has 1 saturated carbocycles. The van der Waals surface area contributed by atoms with E-state index >= 15 is 0 Å². The molecule has 0 spiro atoms. The predicted octanol–water partition coefficient (Wildman–Crippen LogP) is 2.35. The largest absolute Gasteiger partial charge is 0.224 e. The molecule has 0 aromatic rings. The maximum absolute atomic E-state index is 10.9. The van der Waals surface area contributed by atoms with Gasteiger partial charge < -0.3 is 0 Å². The molecular formula is C10H15ClO2S. The Labute approximate surface area is 90.6 Å². The third-order valence-electron chi connectivity index (χ3n) is 2.88. The zero-order valence-electron chi connectivity index (χ0n) is 8.67. The first kappa shape index (κ1) is 11.8. The van der Waals surface area contributed by atoms with E-state index in [-0.39, 0.29) is 5.41 Å². The zero-order valence-corrected chi connectivity index (χ0v) is 10.2. The van der Waals surface area contributed by atoms with Crippen molar-refractivity contribution in [3.05, 3.63) is 16.7 Å². The molecule has 14 heavy (non-hydrogen) atoms. The van der Waals surface area contributed by atoms with Crippen molar-refractivity contribution in [3.8, 4) is 0 Å². The van der Waals surface area contributed by atoms with Crippen molar-refractivity contribution < 1.29 is 8.42 Å². The SMILES string of the molecule is CC1(C)C(=C=CS(C)(=O)=O)CC1CCl. The van der Waals surface area contributed by atoms with Gasteiger partial charge in [-0.05, 0) is 23.3 Å². The normalized spacial score (nSPS) is 25.1. The molecule has 1 aliphatic rings. The van der Waals surface area contributed by atoms with Crippen LogP contribution in [0.1, 0.15) is 20.3 Å². The minimum Gasteiger partial charge on any atom is -0.224 e. The predicted molar refractivity (Wildman–Crippen MR) is 59.0 cm³/mol. The van der Waals surface area contributed by atoms with E-state index in [0.717, 1.165) is 17.4 Å². The topological polar surface area (TPSA) is 34.1 Å². The molecule has 0 N–H and O–H groups in total. The van der Waals surface area contributed by atoms with Gasteiger partial charge in [0.05, 0.1) is 5.41 Å². The third-order valence-corrected chi connectivity index (χ3v) is 3.80.